The van der Waals surface area contributed by atoms with Gasteiger partial charge in [-0.3, -0.25) is 9.97 Å². The molecule has 3 heterocycles. The number of ether oxygens (including phenoxy) is 1. The standard InChI is InChI=1S/C22H24N6O2/c1-22(29)7-5-14(6-8-22)26-21-27-19-18(20(28-21)30-2)15(12-25-19)13-3-4-16-17(11-13)24-10-9-23-16/h3-4,9-12,14,29H,5-8H2,1-2H3,(H2,25,26,27,28). The molecule has 4 aromatic rings. The third-order valence-corrected chi connectivity index (χ3v) is 5.87. The number of aliphatic hydroxyl groups is 1. The smallest absolute Gasteiger partial charge is 0.228 e. The van der Waals surface area contributed by atoms with Crippen LogP contribution in [0.4, 0.5) is 5.95 Å². The molecule has 0 amide bonds. The summed E-state index contributed by atoms with van der Waals surface area (Å²) < 4.78 is 5.62. The molecule has 0 saturated heterocycles. The van der Waals surface area contributed by atoms with E-state index in [1.807, 2.05) is 31.3 Å². The van der Waals surface area contributed by atoms with Crippen molar-refractivity contribution in [2.24, 2.45) is 0 Å². The molecule has 0 aliphatic heterocycles. The molecular weight excluding hydrogens is 380 g/mol. The number of rotatable bonds is 4. The van der Waals surface area contributed by atoms with Gasteiger partial charge in [0.05, 0.1) is 29.1 Å². The van der Waals surface area contributed by atoms with Gasteiger partial charge in [0.2, 0.25) is 11.8 Å². The van der Waals surface area contributed by atoms with Gasteiger partial charge in [-0.2, -0.15) is 9.97 Å². The number of hydrogen-bond acceptors (Lipinski definition) is 7. The van der Waals surface area contributed by atoms with E-state index in [0.29, 0.717) is 17.5 Å². The van der Waals surface area contributed by atoms with Crippen molar-refractivity contribution in [2.45, 2.75) is 44.2 Å². The highest BCUT2D eigenvalue weighted by Crippen LogP contribution is 2.36. The normalized spacial score (nSPS) is 21.8. The monoisotopic (exact) mass is 404 g/mol. The molecule has 8 nitrogen and oxygen atoms in total. The topological polar surface area (TPSA) is 109 Å². The summed E-state index contributed by atoms with van der Waals surface area (Å²) in [6.07, 6.45) is 8.58. The van der Waals surface area contributed by atoms with E-state index in [9.17, 15) is 5.11 Å². The van der Waals surface area contributed by atoms with Gasteiger partial charge in [-0.25, -0.2) is 0 Å². The molecule has 1 aromatic carbocycles. The highest BCUT2D eigenvalue weighted by molar-refractivity contribution is 5.99. The average Bonchev–Trinajstić information content (AvgIpc) is 3.18. The number of fused-ring (bicyclic) bond motifs is 2. The van der Waals surface area contributed by atoms with Crippen LogP contribution < -0.4 is 10.1 Å². The van der Waals surface area contributed by atoms with Gasteiger partial charge in [0, 0.05) is 30.2 Å². The number of hydrogen-bond donors (Lipinski definition) is 3. The van der Waals surface area contributed by atoms with E-state index >= 15 is 0 Å². The van der Waals surface area contributed by atoms with E-state index in [2.05, 4.69) is 30.2 Å². The summed E-state index contributed by atoms with van der Waals surface area (Å²) in [4.78, 5) is 21.3. The van der Waals surface area contributed by atoms with E-state index in [-0.39, 0.29) is 6.04 Å². The summed E-state index contributed by atoms with van der Waals surface area (Å²) in [5.41, 5.74) is 3.76. The van der Waals surface area contributed by atoms with Gasteiger partial charge in [0.15, 0.2) is 0 Å². The number of H-pyrrole nitrogens is 1. The number of nitrogens with zero attached hydrogens (tertiary/aromatic N) is 4. The third-order valence-electron chi connectivity index (χ3n) is 5.87. The van der Waals surface area contributed by atoms with Gasteiger partial charge in [-0.1, -0.05) is 6.07 Å². The summed E-state index contributed by atoms with van der Waals surface area (Å²) in [5, 5.41) is 14.4. The van der Waals surface area contributed by atoms with Crippen molar-refractivity contribution >= 4 is 28.0 Å². The minimum absolute atomic E-state index is 0.237. The van der Waals surface area contributed by atoms with Crippen molar-refractivity contribution < 1.29 is 9.84 Å². The highest BCUT2D eigenvalue weighted by Gasteiger charge is 2.29. The van der Waals surface area contributed by atoms with Crippen molar-refractivity contribution in [1.82, 2.24) is 24.9 Å². The summed E-state index contributed by atoms with van der Waals surface area (Å²) >= 11 is 0. The van der Waals surface area contributed by atoms with Crippen molar-refractivity contribution in [3.8, 4) is 17.0 Å². The fourth-order valence-electron chi connectivity index (χ4n) is 4.14. The molecule has 0 atom stereocenters. The van der Waals surface area contributed by atoms with Crippen molar-refractivity contribution in [1.29, 1.82) is 0 Å². The third kappa shape index (κ3) is 3.43. The summed E-state index contributed by atoms with van der Waals surface area (Å²) in [6, 6.07) is 6.21. The van der Waals surface area contributed by atoms with Gasteiger partial charge >= 0.3 is 0 Å². The van der Waals surface area contributed by atoms with E-state index < -0.39 is 5.60 Å². The minimum atomic E-state index is -0.570. The van der Waals surface area contributed by atoms with Crippen LogP contribution in [0.15, 0.2) is 36.8 Å². The predicted molar refractivity (Wildman–Crippen MR) is 115 cm³/mol. The molecular formula is C22H24N6O2. The number of anilines is 1. The molecule has 3 N–H and O–H groups in total. The Morgan fingerprint density at radius 1 is 1.13 bits per heavy atom. The van der Waals surface area contributed by atoms with Crippen molar-refractivity contribution in [3.63, 3.8) is 0 Å². The van der Waals surface area contributed by atoms with E-state index in [4.69, 9.17) is 4.74 Å². The zero-order valence-electron chi connectivity index (χ0n) is 17.0. The molecule has 0 spiro atoms. The zero-order valence-corrected chi connectivity index (χ0v) is 17.0. The number of methoxy groups -OCH3 is 1. The first kappa shape index (κ1) is 18.7. The number of nitrogens with one attached hydrogen (secondary N) is 2. The lowest BCUT2D eigenvalue weighted by molar-refractivity contribution is 0.0195. The minimum Gasteiger partial charge on any atom is -0.480 e. The van der Waals surface area contributed by atoms with Gasteiger partial charge < -0.3 is 20.1 Å². The fourth-order valence-corrected chi connectivity index (χ4v) is 4.14. The van der Waals surface area contributed by atoms with Crippen LogP contribution >= 0.6 is 0 Å². The van der Waals surface area contributed by atoms with Gasteiger partial charge in [-0.15, -0.1) is 0 Å². The molecule has 5 rings (SSSR count). The molecule has 0 radical (unpaired) electrons. The predicted octanol–water partition coefficient (Wildman–Crippen LogP) is 3.68. The number of benzene rings is 1. The second-order valence-electron chi connectivity index (χ2n) is 8.16. The molecule has 3 aromatic heterocycles. The first-order valence-electron chi connectivity index (χ1n) is 10.2. The zero-order chi connectivity index (χ0) is 20.7. The van der Waals surface area contributed by atoms with Crippen LogP contribution in [-0.2, 0) is 0 Å². The second-order valence-corrected chi connectivity index (χ2v) is 8.16. The second kappa shape index (κ2) is 7.21. The Morgan fingerprint density at radius 2 is 1.90 bits per heavy atom. The Balaban J connectivity index is 1.49. The lowest BCUT2D eigenvalue weighted by Crippen LogP contribution is -2.36. The molecule has 154 valence electrons. The SMILES string of the molecule is COc1nc(NC2CCC(C)(O)CC2)nc2[nH]cc(-c3ccc4nccnc4c3)c12. The lowest BCUT2D eigenvalue weighted by atomic mass is 9.84. The molecule has 0 bridgehead atoms. The Labute approximate surface area is 173 Å². The quantitative estimate of drug-likeness (QED) is 0.476. The van der Waals surface area contributed by atoms with Gasteiger partial charge in [-0.05, 0) is 50.3 Å². The molecule has 1 aliphatic carbocycles. The van der Waals surface area contributed by atoms with Crippen molar-refractivity contribution in [3.05, 3.63) is 36.8 Å². The molecule has 0 unspecified atom stereocenters. The Bertz CT molecular complexity index is 1210. The molecule has 8 heteroatoms. The first-order chi connectivity index (χ1) is 14.5. The Hall–Kier alpha value is -3.26. The lowest BCUT2D eigenvalue weighted by Gasteiger charge is -2.33. The largest absolute Gasteiger partial charge is 0.480 e. The molecule has 30 heavy (non-hydrogen) atoms. The van der Waals surface area contributed by atoms with Gasteiger partial charge in [0.25, 0.3) is 0 Å². The maximum Gasteiger partial charge on any atom is 0.228 e. The van der Waals surface area contributed by atoms with Crippen LogP contribution in [0.5, 0.6) is 5.88 Å². The Morgan fingerprint density at radius 3 is 2.67 bits per heavy atom. The van der Waals surface area contributed by atoms with E-state index in [0.717, 1.165) is 53.2 Å². The van der Waals surface area contributed by atoms with Crippen LogP contribution in [-0.4, -0.2) is 48.8 Å². The van der Waals surface area contributed by atoms with Crippen LogP contribution in [0.3, 0.4) is 0 Å². The Kier molecular flexibility index (Phi) is 4.51. The summed E-state index contributed by atoms with van der Waals surface area (Å²) in [5.74, 6) is 1.05. The number of aromatic nitrogens is 5. The average molecular weight is 404 g/mol. The van der Waals surface area contributed by atoms with Crippen LogP contribution in [0, 0.1) is 0 Å². The van der Waals surface area contributed by atoms with E-state index in [1.54, 1.807) is 19.5 Å². The molecule has 1 fully saturated rings. The summed E-state index contributed by atoms with van der Waals surface area (Å²) in [7, 11) is 1.62. The maximum absolute atomic E-state index is 10.2. The van der Waals surface area contributed by atoms with E-state index in [1.165, 1.54) is 0 Å². The molecule has 1 aliphatic rings. The molecule has 1 saturated carbocycles. The number of aromatic amines is 1. The van der Waals surface area contributed by atoms with Crippen LogP contribution in [0.1, 0.15) is 32.6 Å². The summed E-state index contributed by atoms with van der Waals surface area (Å²) in [6.45, 7) is 1.90. The van der Waals surface area contributed by atoms with Crippen LogP contribution in [0.25, 0.3) is 33.2 Å². The van der Waals surface area contributed by atoms with Crippen LogP contribution in [0.2, 0.25) is 0 Å². The fraction of sp³-hybridized carbons (Fsp3) is 0.364. The highest BCUT2D eigenvalue weighted by atomic mass is 16.5. The maximum atomic E-state index is 10.2. The van der Waals surface area contributed by atoms with Crippen molar-refractivity contribution in [2.75, 3.05) is 12.4 Å². The first-order valence-corrected chi connectivity index (χ1v) is 10.2. The van der Waals surface area contributed by atoms with Gasteiger partial charge in [0.1, 0.15) is 5.65 Å².